The second-order valence-corrected chi connectivity index (χ2v) is 3.84. The van der Waals surface area contributed by atoms with Gasteiger partial charge in [-0.3, -0.25) is 10.1 Å². The molecule has 19 heavy (non-hydrogen) atoms. The molecule has 0 radical (unpaired) electrons. The molecule has 1 rings (SSSR count). The van der Waals surface area contributed by atoms with Gasteiger partial charge in [0, 0.05) is 6.07 Å². The van der Waals surface area contributed by atoms with Gasteiger partial charge in [0.1, 0.15) is 6.20 Å². The molecule has 0 aliphatic carbocycles. The molecule has 0 bridgehead atoms. The fourth-order valence-corrected chi connectivity index (χ4v) is 1.41. The predicted molar refractivity (Wildman–Crippen MR) is 68.4 cm³/mol. The highest BCUT2D eigenvalue weighted by Gasteiger charge is 2.16. The van der Waals surface area contributed by atoms with Crippen molar-refractivity contribution in [2.75, 3.05) is 6.61 Å². The number of oxime groups is 1. The highest BCUT2D eigenvalue weighted by Crippen LogP contribution is 2.21. The zero-order valence-electron chi connectivity index (χ0n) is 10.6. The summed E-state index contributed by atoms with van der Waals surface area (Å²) in [6.07, 6.45) is 3.96. The van der Waals surface area contributed by atoms with Crippen LogP contribution in [0.5, 0.6) is 5.88 Å². The van der Waals surface area contributed by atoms with Gasteiger partial charge in [0.05, 0.1) is 17.1 Å². The van der Waals surface area contributed by atoms with Gasteiger partial charge in [0.15, 0.2) is 5.84 Å². The molecule has 0 unspecified atom stereocenters. The van der Waals surface area contributed by atoms with Gasteiger partial charge in [-0.2, -0.15) is 0 Å². The highest BCUT2D eigenvalue weighted by atomic mass is 16.6. The first-order valence-electron chi connectivity index (χ1n) is 5.85. The molecule has 104 valence electrons. The molecule has 0 spiro atoms. The summed E-state index contributed by atoms with van der Waals surface area (Å²) >= 11 is 0. The van der Waals surface area contributed by atoms with Crippen LogP contribution in [0.1, 0.15) is 31.7 Å². The lowest BCUT2D eigenvalue weighted by Gasteiger charge is -2.08. The maximum atomic E-state index is 10.7. The standard InChI is InChI=1S/C11H16N4O4/c1-2-3-4-5-19-11-9(10(12)14-16)6-8(7-13-11)15(17)18/h6-7,16H,2-5H2,1H3,(H2,12,14). The lowest BCUT2D eigenvalue weighted by atomic mass is 10.2. The van der Waals surface area contributed by atoms with Crippen molar-refractivity contribution in [3.8, 4) is 5.88 Å². The first-order chi connectivity index (χ1) is 9.10. The van der Waals surface area contributed by atoms with Crippen LogP contribution in [-0.2, 0) is 0 Å². The minimum atomic E-state index is -0.609. The van der Waals surface area contributed by atoms with Gasteiger partial charge >= 0.3 is 0 Å². The Hall–Kier alpha value is -2.38. The van der Waals surface area contributed by atoms with Crippen molar-refractivity contribution in [3.05, 3.63) is 27.9 Å². The smallest absolute Gasteiger partial charge is 0.288 e. The number of nitrogens with two attached hydrogens (primary N) is 1. The number of amidine groups is 1. The van der Waals surface area contributed by atoms with Gasteiger partial charge in [0.25, 0.3) is 5.69 Å². The summed E-state index contributed by atoms with van der Waals surface area (Å²) in [4.78, 5) is 13.9. The van der Waals surface area contributed by atoms with E-state index in [-0.39, 0.29) is 23.0 Å². The number of hydrogen-bond donors (Lipinski definition) is 2. The molecule has 0 fully saturated rings. The second kappa shape index (κ2) is 7.14. The molecule has 0 amide bonds. The van der Waals surface area contributed by atoms with Crippen LogP contribution in [0, 0.1) is 10.1 Å². The average Bonchev–Trinajstić information content (AvgIpc) is 2.42. The van der Waals surface area contributed by atoms with E-state index in [1.165, 1.54) is 0 Å². The second-order valence-electron chi connectivity index (χ2n) is 3.84. The van der Waals surface area contributed by atoms with Gasteiger partial charge in [-0.15, -0.1) is 0 Å². The number of aromatic nitrogens is 1. The number of rotatable bonds is 7. The number of hydrogen-bond acceptors (Lipinski definition) is 6. The SMILES string of the molecule is CCCCCOc1ncc([N+](=O)[O-])cc1C(N)=NO. The summed E-state index contributed by atoms with van der Waals surface area (Å²) in [5, 5.41) is 22.1. The molecule has 0 aliphatic rings. The van der Waals surface area contributed by atoms with E-state index in [4.69, 9.17) is 15.7 Å². The first-order valence-corrected chi connectivity index (χ1v) is 5.85. The molecule has 0 atom stereocenters. The molecule has 0 saturated carbocycles. The number of nitro groups is 1. The summed E-state index contributed by atoms with van der Waals surface area (Å²) in [6, 6.07) is 1.16. The molecule has 0 aliphatic heterocycles. The van der Waals surface area contributed by atoms with E-state index < -0.39 is 4.92 Å². The van der Waals surface area contributed by atoms with E-state index in [1.54, 1.807) is 0 Å². The zero-order chi connectivity index (χ0) is 14.3. The number of pyridine rings is 1. The molecule has 8 heteroatoms. The fourth-order valence-electron chi connectivity index (χ4n) is 1.41. The van der Waals surface area contributed by atoms with Gasteiger partial charge in [-0.25, -0.2) is 4.98 Å². The van der Waals surface area contributed by atoms with Crippen LogP contribution in [0.2, 0.25) is 0 Å². The Kier molecular flexibility index (Phi) is 5.52. The van der Waals surface area contributed by atoms with Crippen LogP contribution in [0.15, 0.2) is 17.4 Å². The molecule has 1 heterocycles. The largest absolute Gasteiger partial charge is 0.477 e. The third-order valence-corrected chi connectivity index (χ3v) is 2.42. The normalized spacial score (nSPS) is 11.3. The number of ether oxygens (including phenoxy) is 1. The molecule has 3 N–H and O–H groups in total. The van der Waals surface area contributed by atoms with Crippen molar-refractivity contribution in [2.24, 2.45) is 10.9 Å². The topological polar surface area (TPSA) is 124 Å². The van der Waals surface area contributed by atoms with Crippen LogP contribution in [0.4, 0.5) is 5.69 Å². The van der Waals surface area contributed by atoms with E-state index in [1.807, 2.05) is 0 Å². The van der Waals surface area contributed by atoms with E-state index >= 15 is 0 Å². The van der Waals surface area contributed by atoms with Gasteiger partial charge < -0.3 is 15.7 Å². The summed E-state index contributed by atoms with van der Waals surface area (Å²) in [6.45, 7) is 2.48. The molecular formula is C11H16N4O4. The lowest BCUT2D eigenvalue weighted by Crippen LogP contribution is -2.16. The van der Waals surface area contributed by atoms with Crippen LogP contribution in [-0.4, -0.2) is 27.6 Å². The van der Waals surface area contributed by atoms with Crippen LogP contribution < -0.4 is 10.5 Å². The fraction of sp³-hybridized carbons (Fsp3) is 0.455. The first kappa shape index (κ1) is 14.7. The Bertz CT molecular complexity index is 476. The molecule has 1 aromatic rings. The van der Waals surface area contributed by atoms with Gasteiger partial charge in [-0.05, 0) is 6.42 Å². The van der Waals surface area contributed by atoms with Crippen molar-refractivity contribution in [3.63, 3.8) is 0 Å². The maximum absolute atomic E-state index is 10.7. The van der Waals surface area contributed by atoms with Crippen molar-refractivity contribution < 1.29 is 14.9 Å². The summed E-state index contributed by atoms with van der Waals surface area (Å²) in [5.74, 6) is -0.154. The molecule has 0 saturated heterocycles. The number of nitrogens with zero attached hydrogens (tertiary/aromatic N) is 3. The summed E-state index contributed by atoms with van der Waals surface area (Å²) in [7, 11) is 0. The lowest BCUT2D eigenvalue weighted by molar-refractivity contribution is -0.385. The zero-order valence-corrected chi connectivity index (χ0v) is 10.6. The minimum absolute atomic E-state index is 0.105. The van der Waals surface area contributed by atoms with E-state index in [0.29, 0.717) is 6.61 Å². The summed E-state index contributed by atoms with van der Waals surface area (Å²) < 4.78 is 5.39. The van der Waals surface area contributed by atoms with E-state index in [2.05, 4.69) is 17.1 Å². The van der Waals surface area contributed by atoms with Crippen molar-refractivity contribution in [1.29, 1.82) is 0 Å². The quantitative estimate of drug-likeness (QED) is 0.193. The molecular weight excluding hydrogens is 252 g/mol. The average molecular weight is 268 g/mol. The van der Waals surface area contributed by atoms with Crippen LogP contribution in [0.25, 0.3) is 0 Å². The third-order valence-electron chi connectivity index (χ3n) is 2.42. The Labute approximate surface area is 110 Å². The Morgan fingerprint density at radius 1 is 1.63 bits per heavy atom. The Morgan fingerprint density at radius 3 is 2.95 bits per heavy atom. The van der Waals surface area contributed by atoms with Crippen molar-refractivity contribution in [1.82, 2.24) is 4.98 Å². The summed E-state index contributed by atoms with van der Waals surface area (Å²) in [5.41, 5.74) is 5.31. The monoisotopic (exact) mass is 268 g/mol. The molecule has 8 nitrogen and oxygen atoms in total. The molecule has 0 aromatic carbocycles. The van der Waals surface area contributed by atoms with Crippen molar-refractivity contribution in [2.45, 2.75) is 26.2 Å². The van der Waals surface area contributed by atoms with Crippen molar-refractivity contribution >= 4 is 11.5 Å². The minimum Gasteiger partial charge on any atom is -0.477 e. The van der Waals surface area contributed by atoms with E-state index in [0.717, 1.165) is 31.5 Å². The predicted octanol–water partition coefficient (Wildman–Crippen LogP) is 1.65. The molecule has 1 aromatic heterocycles. The third kappa shape index (κ3) is 4.09. The number of unbranched alkanes of at least 4 members (excludes halogenated alkanes) is 2. The van der Waals surface area contributed by atoms with E-state index in [9.17, 15) is 10.1 Å². The highest BCUT2D eigenvalue weighted by molar-refractivity contribution is 5.99. The van der Waals surface area contributed by atoms with Gasteiger partial charge in [-0.1, -0.05) is 24.9 Å². The Balaban J connectivity index is 2.93. The maximum Gasteiger partial charge on any atom is 0.288 e. The van der Waals surface area contributed by atoms with Crippen LogP contribution >= 0.6 is 0 Å². The van der Waals surface area contributed by atoms with Gasteiger partial charge in [0.2, 0.25) is 5.88 Å². The Morgan fingerprint density at radius 2 is 2.37 bits per heavy atom. The van der Waals surface area contributed by atoms with Crippen LogP contribution in [0.3, 0.4) is 0 Å².